The van der Waals surface area contributed by atoms with Crippen LogP contribution in [0.2, 0.25) is 0 Å². The molecule has 0 fully saturated rings. The molecule has 0 heterocycles. The minimum Gasteiger partial charge on any atom is -0.490 e. The molecule has 0 aliphatic rings. The van der Waals surface area contributed by atoms with Gasteiger partial charge in [0.2, 0.25) is 0 Å². The first-order chi connectivity index (χ1) is 31.2. The van der Waals surface area contributed by atoms with Crippen molar-refractivity contribution in [2.24, 2.45) is 0 Å². The zero-order valence-corrected chi connectivity index (χ0v) is 39.4. The fraction of sp³-hybridized carbons (Fsp3) is 0.348. The lowest BCUT2D eigenvalue weighted by molar-refractivity contribution is 0.261. The predicted octanol–water partition coefficient (Wildman–Crippen LogP) is 8.39. The molecule has 360 valence electrons. The van der Waals surface area contributed by atoms with Crippen LogP contribution in [0.25, 0.3) is 36.5 Å². The second-order valence-corrected chi connectivity index (χ2v) is 21.4. The predicted molar refractivity (Wildman–Crippen MR) is 257 cm³/mol. The van der Waals surface area contributed by atoms with Crippen LogP contribution in [0.1, 0.15) is 84.7 Å². The topological polar surface area (TPSA) is 254 Å². The van der Waals surface area contributed by atoms with E-state index in [4.69, 9.17) is 37.2 Å². The lowest BCUT2D eigenvalue weighted by atomic mass is 10.1. The summed E-state index contributed by atoms with van der Waals surface area (Å²) in [5, 5.41) is 0. The molecule has 4 aromatic carbocycles. The monoisotopic (exact) mass is 992 g/mol. The Morgan fingerprint density at radius 2 is 0.515 bits per heavy atom. The highest BCUT2D eigenvalue weighted by atomic mass is 32.2. The highest BCUT2D eigenvalue weighted by molar-refractivity contribution is 7.86. The van der Waals surface area contributed by atoms with E-state index in [2.05, 4.69) is 0 Å². The molecule has 4 N–H and O–H groups in total. The van der Waals surface area contributed by atoms with Crippen LogP contribution < -0.4 is 18.9 Å². The molecule has 66 heavy (non-hydrogen) atoms. The first-order valence-electron chi connectivity index (χ1n) is 21.0. The van der Waals surface area contributed by atoms with Gasteiger partial charge in [-0.2, -0.15) is 33.7 Å². The van der Waals surface area contributed by atoms with E-state index in [9.17, 15) is 33.7 Å². The minimum atomic E-state index is -4.07. The normalized spacial score (nSPS) is 12.6. The largest absolute Gasteiger partial charge is 0.490 e. The SMILES string of the molecule is O=S(=O)(O)CCCCOc1ccc(/C=C/c2ccc(/C=C/c3ccc(/C=C/c4ccc(OCCCCS(=O)(=O)O)c(OCCCCS(=O)(=O)O)c4)cc3)cc2)cc1OCCCCS(=O)(=O)O. The Labute approximate surface area is 388 Å². The average molecular weight is 993 g/mol. The third-order valence-corrected chi connectivity index (χ3v) is 12.6. The third kappa shape index (κ3) is 23.4. The van der Waals surface area contributed by atoms with E-state index < -0.39 is 40.5 Å². The number of hydrogen-bond donors (Lipinski definition) is 4. The molecule has 0 aromatic heterocycles. The summed E-state index contributed by atoms with van der Waals surface area (Å²) in [6.07, 6.45) is 14.0. The van der Waals surface area contributed by atoms with Gasteiger partial charge >= 0.3 is 0 Å². The highest BCUT2D eigenvalue weighted by Gasteiger charge is 2.12. The fourth-order valence-electron chi connectivity index (χ4n) is 6.01. The third-order valence-electron chi connectivity index (χ3n) is 9.43. The Bertz CT molecular complexity index is 2510. The summed E-state index contributed by atoms with van der Waals surface area (Å²) in [5.74, 6) is 0.192. The standard InChI is InChI=1S/C46H56O16S4/c47-63(48,49)31-5-1-27-59-43-25-23-41(35-45(43)61-29-3-7-33-65(53,54)55)21-19-39-15-11-37(12-16-39)9-10-38-13-17-40(18-14-38)20-22-42-24-26-44(60-28-2-6-32-64(50,51)52)46(36-42)62-30-4-8-34-66(56,57)58/h9-26,35-36H,1-8,27-34H2,(H,47,48,49)(H,50,51,52)(H,53,54,55)(H,56,57,58)/b10-9+,21-19+,22-20+. The van der Waals surface area contributed by atoms with Crippen molar-refractivity contribution in [1.82, 2.24) is 0 Å². The van der Waals surface area contributed by atoms with Crippen LogP contribution in [0.4, 0.5) is 0 Å². The molecule has 0 bridgehead atoms. The van der Waals surface area contributed by atoms with Crippen LogP contribution in [0.3, 0.4) is 0 Å². The molecule has 4 rings (SSSR count). The second-order valence-electron chi connectivity index (χ2n) is 15.1. The highest BCUT2D eigenvalue weighted by Crippen LogP contribution is 2.31. The molecule has 4 aromatic rings. The molecule has 0 unspecified atom stereocenters. The van der Waals surface area contributed by atoms with Crippen molar-refractivity contribution >= 4 is 76.9 Å². The van der Waals surface area contributed by atoms with Gasteiger partial charge < -0.3 is 18.9 Å². The van der Waals surface area contributed by atoms with Crippen molar-refractivity contribution in [3.63, 3.8) is 0 Å². The number of unbranched alkanes of at least 4 members (excludes halogenated alkanes) is 4. The maximum Gasteiger partial charge on any atom is 0.264 e. The van der Waals surface area contributed by atoms with E-state index in [1.165, 1.54) is 0 Å². The Kier molecular flexibility index (Phi) is 21.4. The molecule has 0 amide bonds. The van der Waals surface area contributed by atoms with Crippen molar-refractivity contribution in [3.8, 4) is 23.0 Å². The zero-order valence-electron chi connectivity index (χ0n) is 36.2. The van der Waals surface area contributed by atoms with Gasteiger partial charge in [0.15, 0.2) is 23.0 Å². The van der Waals surface area contributed by atoms with Crippen molar-refractivity contribution in [1.29, 1.82) is 0 Å². The molecule has 0 saturated heterocycles. The summed E-state index contributed by atoms with van der Waals surface area (Å²) in [6.45, 7) is 0.722. The van der Waals surface area contributed by atoms with Crippen LogP contribution >= 0.6 is 0 Å². The Balaban J connectivity index is 1.34. The molecule has 20 heteroatoms. The summed E-state index contributed by atoms with van der Waals surface area (Å²) in [5.41, 5.74) is 5.47. The average Bonchev–Trinajstić information content (AvgIpc) is 3.24. The first kappa shape index (κ1) is 53.6. The summed E-state index contributed by atoms with van der Waals surface area (Å²) in [6, 6.07) is 26.6. The van der Waals surface area contributed by atoms with Crippen LogP contribution in [0.5, 0.6) is 23.0 Å². The molecular weight excluding hydrogens is 937 g/mol. The van der Waals surface area contributed by atoms with Gasteiger partial charge in [-0.1, -0.05) is 97.1 Å². The molecule has 0 aliphatic heterocycles. The molecular formula is C46H56O16S4. The van der Waals surface area contributed by atoms with Crippen LogP contribution in [-0.4, -0.2) is 101 Å². The van der Waals surface area contributed by atoms with Crippen molar-refractivity contribution in [2.75, 3.05) is 49.4 Å². The van der Waals surface area contributed by atoms with Crippen molar-refractivity contribution in [2.45, 2.75) is 51.4 Å². The summed E-state index contributed by atoms with van der Waals surface area (Å²) in [4.78, 5) is 0. The zero-order chi connectivity index (χ0) is 48.1. The van der Waals surface area contributed by atoms with E-state index in [1.807, 2.05) is 97.1 Å². The van der Waals surface area contributed by atoms with Gasteiger partial charge in [0.1, 0.15) is 0 Å². The van der Waals surface area contributed by atoms with Gasteiger partial charge in [0.05, 0.1) is 49.4 Å². The molecule has 0 radical (unpaired) electrons. The fourth-order valence-corrected chi connectivity index (χ4v) is 8.28. The first-order valence-corrected chi connectivity index (χ1v) is 27.5. The molecule has 0 spiro atoms. The molecule has 0 atom stereocenters. The lowest BCUT2D eigenvalue weighted by Gasteiger charge is -2.14. The van der Waals surface area contributed by atoms with E-state index in [1.54, 1.807) is 24.3 Å². The number of ether oxygens (including phenoxy) is 4. The van der Waals surface area contributed by atoms with Gasteiger partial charge in [0.25, 0.3) is 40.5 Å². The second kappa shape index (κ2) is 26.3. The minimum absolute atomic E-state index is 0.174. The number of benzene rings is 4. The van der Waals surface area contributed by atoms with E-state index in [0.29, 0.717) is 48.7 Å². The number of hydrogen-bond acceptors (Lipinski definition) is 12. The van der Waals surface area contributed by atoms with Crippen LogP contribution in [0.15, 0.2) is 84.9 Å². The van der Waals surface area contributed by atoms with Crippen LogP contribution in [-0.2, 0) is 40.5 Å². The molecule has 0 aliphatic carbocycles. The molecule has 16 nitrogen and oxygen atoms in total. The Morgan fingerprint density at radius 3 is 0.758 bits per heavy atom. The lowest BCUT2D eigenvalue weighted by Crippen LogP contribution is -2.08. The summed E-state index contributed by atoms with van der Waals surface area (Å²) in [7, 11) is -16.3. The Hall–Kier alpha value is -5.06. The maximum atomic E-state index is 11.1. The number of rotatable bonds is 30. The van der Waals surface area contributed by atoms with Gasteiger partial charge in [-0.3, -0.25) is 18.2 Å². The Morgan fingerprint density at radius 1 is 0.303 bits per heavy atom. The van der Waals surface area contributed by atoms with Gasteiger partial charge in [-0.25, -0.2) is 0 Å². The van der Waals surface area contributed by atoms with E-state index in [0.717, 1.165) is 33.4 Å². The van der Waals surface area contributed by atoms with Crippen molar-refractivity contribution in [3.05, 3.63) is 118 Å². The summed E-state index contributed by atoms with van der Waals surface area (Å²) < 4.78 is 148. The quantitative estimate of drug-likeness (QED) is 0.0217. The van der Waals surface area contributed by atoms with Gasteiger partial charge in [0, 0.05) is 0 Å². The van der Waals surface area contributed by atoms with Crippen LogP contribution in [0, 0.1) is 0 Å². The summed E-state index contributed by atoms with van der Waals surface area (Å²) >= 11 is 0. The maximum absolute atomic E-state index is 11.1. The van der Waals surface area contributed by atoms with Gasteiger partial charge in [-0.05, 0) is 109 Å². The van der Waals surface area contributed by atoms with Crippen molar-refractivity contribution < 1.29 is 70.8 Å². The smallest absolute Gasteiger partial charge is 0.264 e. The van der Waals surface area contributed by atoms with Gasteiger partial charge in [-0.15, -0.1) is 0 Å². The van der Waals surface area contributed by atoms with E-state index >= 15 is 0 Å². The molecule has 0 saturated carbocycles. The van der Waals surface area contributed by atoms with E-state index in [-0.39, 0.29) is 75.1 Å².